The fourth-order valence-electron chi connectivity index (χ4n) is 1.97. The zero-order chi connectivity index (χ0) is 15.4. The van der Waals surface area contributed by atoms with Crippen LogP contribution in [0.5, 0.6) is 0 Å². The van der Waals surface area contributed by atoms with Crippen molar-refractivity contribution >= 4 is 35.0 Å². The van der Waals surface area contributed by atoms with E-state index >= 15 is 0 Å². The number of amides is 1. The first-order valence-corrected chi connectivity index (χ1v) is 7.59. The summed E-state index contributed by atoms with van der Waals surface area (Å²) in [4.78, 5) is 24.7. The number of aliphatic hydroxyl groups is 1. The highest BCUT2D eigenvalue weighted by atomic mass is 32.1. The van der Waals surface area contributed by atoms with E-state index in [1.54, 1.807) is 6.92 Å². The summed E-state index contributed by atoms with van der Waals surface area (Å²) in [5.41, 5.74) is 1.26. The van der Waals surface area contributed by atoms with Gasteiger partial charge in [0, 0.05) is 4.88 Å². The summed E-state index contributed by atoms with van der Waals surface area (Å²) in [6, 6.07) is 10.3. The number of aliphatic hydroxyl groups excluding tert-OH is 1. The highest BCUT2D eigenvalue weighted by Crippen LogP contribution is 2.24. The van der Waals surface area contributed by atoms with Crippen molar-refractivity contribution in [1.82, 2.24) is 5.32 Å². The molecule has 2 rings (SSSR count). The van der Waals surface area contributed by atoms with Gasteiger partial charge < -0.3 is 10.4 Å². The zero-order valence-electron chi connectivity index (χ0n) is 11.4. The number of thiophene rings is 1. The smallest absolute Gasteiger partial charge is 0.252 e. The predicted octanol–water partition coefficient (Wildman–Crippen LogP) is 2.59. The number of nitrogens with one attached hydrogen (secondary N) is 1. The minimum atomic E-state index is -0.479. The fraction of sp³-hybridized carbons (Fsp3) is 0.200. The maximum Gasteiger partial charge on any atom is 0.252 e. The van der Waals surface area contributed by atoms with Crippen LogP contribution in [0.4, 0.5) is 0 Å². The van der Waals surface area contributed by atoms with Gasteiger partial charge in [0.1, 0.15) is 0 Å². The molecule has 1 aromatic carbocycles. The van der Waals surface area contributed by atoms with Gasteiger partial charge >= 0.3 is 0 Å². The molecule has 1 aromatic heterocycles. The summed E-state index contributed by atoms with van der Waals surface area (Å²) in [7, 11) is 0. The molecule has 2 N–H and O–H groups in total. The number of carbonyl (C=O) groups is 2. The summed E-state index contributed by atoms with van der Waals surface area (Å²) in [5.74, 6) is -0.313. The van der Waals surface area contributed by atoms with E-state index in [1.807, 2.05) is 30.3 Å². The summed E-state index contributed by atoms with van der Waals surface area (Å²) < 4.78 is 0. The van der Waals surface area contributed by atoms with Crippen LogP contribution in [0.15, 0.2) is 36.4 Å². The number of benzene rings is 1. The van der Waals surface area contributed by atoms with Gasteiger partial charge in [0.05, 0.1) is 23.1 Å². The number of carbonyl (C=O) groups excluding carboxylic acids is 2. The molecule has 0 aliphatic carbocycles. The monoisotopic (exact) mass is 321 g/mol. The molecule has 21 heavy (non-hydrogen) atoms. The SMILES string of the molecule is Cc1sc(C(=O)S)cc1C(=O)NC(CO)c1ccccc1. The van der Waals surface area contributed by atoms with E-state index in [4.69, 9.17) is 0 Å². The summed E-state index contributed by atoms with van der Waals surface area (Å²) in [6.07, 6.45) is 0. The van der Waals surface area contributed by atoms with E-state index in [0.717, 1.165) is 10.4 Å². The Kier molecular flexibility index (Phi) is 5.17. The minimum absolute atomic E-state index is 0.197. The van der Waals surface area contributed by atoms with Crippen LogP contribution in [-0.4, -0.2) is 22.7 Å². The van der Waals surface area contributed by atoms with E-state index in [2.05, 4.69) is 17.9 Å². The zero-order valence-corrected chi connectivity index (χ0v) is 13.1. The van der Waals surface area contributed by atoms with Crippen molar-refractivity contribution < 1.29 is 14.7 Å². The van der Waals surface area contributed by atoms with Crippen LogP contribution in [0.1, 0.15) is 36.5 Å². The Hall–Kier alpha value is -1.63. The summed E-state index contributed by atoms with van der Waals surface area (Å²) in [5, 5.41) is 11.9. The second-order valence-corrected chi connectivity index (χ2v) is 6.17. The maximum atomic E-state index is 12.3. The van der Waals surface area contributed by atoms with Gasteiger partial charge in [0.15, 0.2) is 0 Å². The van der Waals surface area contributed by atoms with E-state index < -0.39 is 6.04 Å². The van der Waals surface area contributed by atoms with Gasteiger partial charge in [-0.05, 0) is 18.6 Å². The Morgan fingerprint density at radius 1 is 1.33 bits per heavy atom. The number of thiol groups is 1. The Bertz CT molecular complexity index is 652. The van der Waals surface area contributed by atoms with Crippen LogP contribution >= 0.6 is 24.0 Å². The minimum Gasteiger partial charge on any atom is -0.394 e. The third kappa shape index (κ3) is 3.72. The number of aryl methyl sites for hydroxylation is 1. The Morgan fingerprint density at radius 2 is 2.00 bits per heavy atom. The van der Waals surface area contributed by atoms with Gasteiger partial charge in [-0.2, -0.15) is 0 Å². The molecular weight excluding hydrogens is 306 g/mol. The number of hydrogen-bond acceptors (Lipinski definition) is 4. The van der Waals surface area contributed by atoms with Crippen molar-refractivity contribution in [1.29, 1.82) is 0 Å². The Labute approximate surface area is 132 Å². The lowest BCUT2D eigenvalue weighted by molar-refractivity contribution is 0.0916. The molecule has 6 heteroatoms. The molecule has 0 radical (unpaired) electrons. The second kappa shape index (κ2) is 6.89. The van der Waals surface area contributed by atoms with Crippen LogP contribution in [0, 0.1) is 6.92 Å². The van der Waals surface area contributed by atoms with Gasteiger partial charge in [-0.15, -0.1) is 11.3 Å². The molecule has 110 valence electrons. The van der Waals surface area contributed by atoms with E-state index in [9.17, 15) is 14.7 Å². The van der Waals surface area contributed by atoms with Crippen LogP contribution in [-0.2, 0) is 0 Å². The second-order valence-electron chi connectivity index (χ2n) is 4.50. The molecule has 1 unspecified atom stereocenters. The lowest BCUT2D eigenvalue weighted by Gasteiger charge is -2.16. The van der Waals surface area contributed by atoms with Crippen LogP contribution < -0.4 is 5.32 Å². The standard InChI is InChI=1S/C15H15NO3S2/c1-9-11(7-13(21-9)15(19)20)14(18)16-12(8-17)10-5-3-2-4-6-10/h2-7,12,17H,8H2,1H3,(H,16,18)(H,19,20). The van der Waals surface area contributed by atoms with Gasteiger partial charge in [-0.3, -0.25) is 9.59 Å². The molecule has 1 amide bonds. The van der Waals surface area contributed by atoms with Gasteiger partial charge in [-0.1, -0.05) is 43.0 Å². The maximum absolute atomic E-state index is 12.3. The van der Waals surface area contributed by atoms with E-state index in [-0.39, 0.29) is 17.6 Å². The van der Waals surface area contributed by atoms with Crippen molar-refractivity contribution in [3.05, 3.63) is 57.3 Å². The quantitative estimate of drug-likeness (QED) is 0.742. The van der Waals surface area contributed by atoms with Crippen molar-refractivity contribution in [2.75, 3.05) is 6.61 Å². The highest BCUT2D eigenvalue weighted by Gasteiger charge is 2.19. The van der Waals surface area contributed by atoms with Gasteiger partial charge in [-0.25, -0.2) is 0 Å². The van der Waals surface area contributed by atoms with E-state index in [1.165, 1.54) is 17.4 Å². The molecule has 4 nitrogen and oxygen atoms in total. The fourth-order valence-corrected chi connectivity index (χ4v) is 3.03. The van der Waals surface area contributed by atoms with Crippen LogP contribution in [0.2, 0.25) is 0 Å². The lowest BCUT2D eigenvalue weighted by Crippen LogP contribution is -2.30. The normalized spacial score (nSPS) is 12.0. The Morgan fingerprint density at radius 3 is 2.52 bits per heavy atom. The molecule has 1 heterocycles. The molecular formula is C15H15NO3S2. The molecule has 0 spiro atoms. The van der Waals surface area contributed by atoms with Crippen molar-refractivity contribution in [2.24, 2.45) is 0 Å². The van der Waals surface area contributed by atoms with E-state index in [0.29, 0.717) is 10.4 Å². The average molecular weight is 321 g/mol. The van der Waals surface area contributed by atoms with Crippen LogP contribution in [0.3, 0.4) is 0 Å². The summed E-state index contributed by atoms with van der Waals surface area (Å²) >= 11 is 4.99. The molecule has 1 atom stereocenters. The predicted molar refractivity (Wildman–Crippen MR) is 86.1 cm³/mol. The molecule has 0 fully saturated rings. The number of hydrogen-bond donors (Lipinski definition) is 3. The first-order valence-electron chi connectivity index (χ1n) is 6.33. The molecule has 0 saturated carbocycles. The molecule has 0 aliphatic heterocycles. The molecule has 0 bridgehead atoms. The topological polar surface area (TPSA) is 66.4 Å². The van der Waals surface area contributed by atoms with Gasteiger partial charge in [0.25, 0.3) is 5.91 Å². The summed E-state index contributed by atoms with van der Waals surface area (Å²) in [6.45, 7) is 1.58. The number of rotatable bonds is 5. The first kappa shape index (κ1) is 15.8. The first-order chi connectivity index (χ1) is 10.0. The lowest BCUT2D eigenvalue weighted by atomic mass is 10.1. The van der Waals surface area contributed by atoms with Crippen molar-refractivity contribution in [3.63, 3.8) is 0 Å². The third-order valence-corrected chi connectivity index (χ3v) is 4.50. The van der Waals surface area contributed by atoms with Gasteiger partial charge in [0.2, 0.25) is 5.12 Å². The highest BCUT2D eigenvalue weighted by molar-refractivity contribution is 7.97. The Balaban J connectivity index is 2.19. The van der Waals surface area contributed by atoms with Crippen molar-refractivity contribution in [2.45, 2.75) is 13.0 Å². The molecule has 0 aliphatic rings. The average Bonchev–Trinajstić information content (AvgIpc) is 2.88. The molecule has 2 aromatic rings. The largest absolute Gasteiger partial charge is 0.394 e. The van der Waals surface area contributed by atoms with Crippen LogP contribution in [0.25, 0.3) is 0 Å². The third-order valence-electron chi connectivity index (χ3n) is 3.06. The van der Waals surface area contributed by atoms with Crippen molar-refractivity contribution in [3.8, 4) is 0 Å². The molecule has 0 saturated heterocycles.